The number of carbonyl (C=O) groups is 3. The molecule has 0 radical (unpaired) electrons. The Balaban J connectivity index is 1.71. The van der Waals surface area contributed by atoms with E-state index >= 15 is 0 Å². The third-order valence-corrected chi connectivity index (χ3v) is 4.16. The number of hydrogen-bond acceptors (Lipinski definition) is 5. The molecular weight excluding hydrogens is 350 g/mol. The number of nitrogens with one attached hydrogen (secondary N) is 2. The number of benzene rings is 1. The highest BCUT2D eigenvalue weighted by atomic mass is 16.6. The molecule has 0 bridgehead atoms. The first-order chi connectivity index (χ1) is 13.0. The quantitative estimate of drug-likeness (QED) is 0.710. The van der Waals surface area contributed by atoms with Crippen LogP contribution < -0.4 is 15.4 Å². The second-order valence-corrected chi connectivity index (χ2v) is 6.21. The molecule has 1 aromatic carbocycles. The lowest BCUT2D eigenvalue weighted by Crippen LogP contribution is -2.47. The molecule has 27 heavy (non-hydrogen) atoms. The zero-order chi connectivity index (χ0) is 19.6. The molecule has 1 aliphatic rings. The molecule has 1 saturated heterocycles. The average molecular weight is 377 g/mol. The predicted octanol–water partition coefficient (Wildman–Crippen LogP) is 2.15. The molecule has 0 saturated carbocycles. The van der Waals surface area contributed by atoms with Crippen molar-refractivity contribution >= 4 is 23.6 Å². The van der Waals surface area contributed by atoms with Gasteiger partial charge in [-0.15, -0.1) is 0 Å². The lowest BCUT2D eigenvalue weighted by Gasteiger charge is -2.31. The molecule has 3 amide bonds. The van der Waals surface area contributed by atoms with E-state index in [1.807, 2.05) is 6.92 Å². The summed E-state index contributed by atoms with van der Waals surface area (Å²) in [6.45, 7) is 5.64. The predicted molar refractivity (Wildman–Crippen MR) is 101 cm³/mol. The summed E-state index contributed by atoms with van der Waals surface area (Å²) in [4.78, 5) is 37.4. The van der Waals surface area contributed by atoms with Gasteiger partial charge >= 0.3 is 6.09 Å². The number of piperidine rings is 1. The van der Waals surface area contributed by atoms with Crippen molar-refractivity contribution in [2.45, 2.75) is 39.2 Å². The summed E-state index contributed by atoms with van der Waals surface area (Å²) in [6, 6.07) is 6.94. The van der Waals surface area contributed by atoms with Crippen LogP contribution >= 0.6 is 0 Å². The first-order valence-electron chi connectivity index (χ1n) is 9.25. The second kappa shape index (κ2) is 10.4. The van der Waals surface area contributed by atoms with Crippen molar-refractivity contribution in [1.29, 1.82) is 0 Å². The summed E-state index contributed by atoms with van der Waals surface area (Å²) in [5.74, 6) is 0.0241. The summed E-state index contributed by atoms with van der Waals surface area (Å²) < 4.78 is 10.3. The Labute approximate surface area is 159 Å². The maximum Gasteiger partial charge on any atom is 0.409 e. The molecule has 0 atom stereocenters. The molecule has 1 heterocycles. The van der Waals surface area contributed by atoms with E-state index in [1.54, 1.807) is 36.1 Å². The Morgan fingerprint density at radius 3 is 2.30 bits per heavy atom. The number of ether oxygens (including phenoxy) is 2. The van der Waals surface area contributed by atoms with Crippen LogP contribution in [0.3, 0.4) is 0 Å². The minimum atomic E-state index is -0.374. The molecule has 1 aliphatic heterocycles. The van der Waals surface area contributed by atoms with Crippen molar-refractivity contribution in [3.63, 3.8) is 0 Å². The highest BCUT2D eigenvalue weighted by molar-refractivity contribution is 6.03. The van der Waals surface area contributed by atoms with Crippen LogP contribution in [0, 0.1) is 0 Å². The standard InChI is InChI=1S/C19H27N3O5/c1-3-26-16-7-5-14(6-8-16)20-17(23)13-18(24)21-15-9-11-22(12-10-15)19(25)27-4-2/h5-8,15H,3-4,9-13H2,1-2H3,(H,20,23)(H,21,24). The Hall–Kier alpha value is -2.77. The van der Waals surface area contributed by atoms with E-state index in [-0.39, 0.29) is 30.4 Å². The molecule has 1 aromatic rings. The van der Waals surface area contributed by atoms with E-state index in [0.29, 0.717) is 44.8 Å². The smallest absolute Gasteiger partial charge is 0.409 e. The Bertz CT molecular complexity index is 639. The van der Waals surface area contributed by atoms with E-state index in [1.165, 1.54) is 0 Å². The van der Waals surface area contributed by atoms with Crippen LogP contribution in [0.1, 0.15) is 33.1 Å². The van der Waals surface area contributed by atoms with Gasteiger partial charge < -0.3 is 25.0 Å². The van der Waals surface area contributed by atoms with Gasteiger partial charge in [-0.2, -0.15) is 0 Å². The van der Waals surface area contributed by atoms with Gasteiger partial charge in [-0.05, 0) is 51.0 Å². The number of carbonyl (C=O) groups excluding carboxylic acids is 3. The summed E-state index contributed by atoms with van der Waals surface area (Å²) in [5.41, 5.74) is 0.610. The van der Waals surface area contributed by atoms with Gasteiger partial charge in [0.25, 0.3) is 0 Å². The first kappa shape index (κ1) is 20.5. The molecule has 148 valence electrons. The van der Waals surface area contributed by atoms with Crippen molar-refractivity contribution < 1.29 is 23.9 Å². The fourth-order valence-electron chi connectivity index (χ4n) is 2.85. The van der Waals surface area contributed by atoms with Crippen LogP contribution in [0.4, 0.5) is 10.5 Å². The molecule has 2 N–H and O–H groups in total. The van der Waals surface area contributed by atoms with Gasteiger partial charge in [0, 0.05) is 24.8 Å². The maximum atomic E-state index is 12.1. The fraction of sp³-hybridized carbons (Fsp3) is 0.526. The minimum Gasteiger partial charge on any atom is -0.494 e. The molecule has 8 heteroatoms. The monoisotopic (exact) mass is 377 g/mol. The summed E-state index contributed by atoms with van der Waals surface area (Å²) in [7, 11) is 0. The van der Waals surface area contributed by atoms with Gasteiger partial charge in [-0.1, -0.05) is 0 Å². The van der Waals surface area contributed by atoms with Crippen molar-refractivity contribution in [1.82, 2.24) is 10.2 Å². The van der Waals surface area contributed by atoms with Crippen molar-refractivity contribution in [2.75, 3.05) is 31.6 Å². The Morgan fingerprint density at radius 2 is 1.70 bits per heavy atom. The van der Waals surface area contributed by atoms with Crippen molar-refractivity contribution in [3.8, 4) is 5.75 Å². The highest BCUT2D eigenvalue weighted by Crippen LogP contribution is 2.16. The molecule has 1 fully saturated rings. The van der Waals surface area contributed by atoms with Crippen LogP contribution in [-0.4, -0.2) is 55.2 Å². The van der Waals surface area contributed by atoms with Gasteiger partial charge in [0.15, 0.2) is 0 Å². The van der Waals surface area contributed by atoms with Crippen LogP contribution in [-0.2, 0) is 14.3 Å². The second-order valence-electron chi connectivity index (χ2n) is 6.21. The van der Waals surface area contributed by atoms with Gasteiger partial charge in [-0.25, -0.2) is 4.79 Å². The molecule has 0 aromatic heterocycles. The Kier molecular flexibility index (Phi) is 7.91. The van der Waals surface area contributed by atoms with Crippen LogP contribution in [0.2, 0.25) is 0 Å². The summed E-state index contributed by atoms with van der Waals surface area (Å²) in [5, 5.41) is 5.55. The molecule has 0 aliphatic carbocycles. The zero-order valence-electron chi connectivity index (χ0n) is 15.8. The van der Waals surface area contributed by atoms with Gasteiger partial charge in [0.2, 0.25) is 11.8 Å². The number of amides is 3. The lowest BCUT2D eigenvalue weighted by molar-refractivity contribution is -0.127. The number of anilines is 1. The summed E-state index contributed by atoms with van der Waals surface area (Å²) >= 11 is 0. The van der Waals surface area contributed by atoms with Crippen molar-refractivity contribution in [2.24, 2.45) is 0 Å². The molecule has 0 unspecified atom stereocenters. The van der Waals surface area contributed by atoms with Crippen LogP contribution in [0.5, 0.6) is 5.75 Å². The van der Waals surface area contributed by atoms with E-state index in [2.05, 4.69) is 10.6 Å². The number of nitrogens with zero attached hydrogens (tertiary/aromatic N) is 1. The minimum absolute atomic E-state index is 0.0403. The lowest BCUT2D eigenvalue weighted by atomic mass is 10.1. The third-order valence-electron chi connectivity index (χ3n) is 4.16. The zero-order valence-corrected chi connectivity index (χ0v) is 15.8. The van der Waals surface area contributed by atoms with E-state index in [4.69, 9.17) is 9.47 Å². The van der Waals surface area contributed by atoms with Crippen molar-refractivity contribution in [3.05, 3.63) is 24.3 Å². The maximum absolute atomic E-state index is 12.1. The number of rotatable bonds is 7. The highest BCUT2D eigenvalue weighted by Gasteiger charge is 2.25. The van der Waals surface area contributed by atoms with E-state index in [9.17, 15) is 14.4 Å². The van der Waals surface area contributed by atoms with Gasteiger partial charge in [0.1, 0.15) is 12.2 Å². The SMILES string of the molecule is CCOC(=O)N1CCC(NC(=O)CC(=O)Nc2ccc(OCC)cc2)CC1. The average Bonchev–Trinajstić information content (AvgIpc) is 2.64. The van der Waals surface area contributed by atoms with Crippen LogP contribution in [0.25, 0.3) is 0 Å². The third kappa shape index (κ3) is 6.80. The molecule has 2 rings (SSSR count). The van der Waals surface area contributed by atoms with Gasteiger partial charge in [0.05, 0.1) is 13.2 Å². The molecule has 0 spiro atoms. The number of likely N-dealkylation sites (tertiary alicyclic amines) is 1. The van der Waals surface area contributed by atoms with Crippen LogP contribution in [0.15, 0.2) is 24.3 Å². The van der Waals surface area contributed by atoms with E-state index in [0.717, 1.165) is 5.75 Å². The normalized spacial score (nSPS) is 14.4. The number of hydrogen-bond donors (Lipinski definition) is 2. The molecule has 8 nitrogen and oxygen atoms in total. The molecular formula is C19H27N3O5. The fourth-order valence-corrected chi connectivity index (χ4v) is 2.85. The van der Waals surface area contributed by atoms with Gasteiger partial charge in [-0.3, -0.25) is 9.59 Å². The first-order valence-corrected chi connectivity index (χ1v) is 9.25. The summed E-state index contributed by atoms with van der Waals surface area (Å²) in [6.07, 6.45) is 0.721. The van der Waals surface area contributed by atoms with E-state index < -0.39 is 0 Å². The topological polar surface area (TPSA) is 97.0 Å². The largest absolute Gasteiger partial charge is 0.494 e. The Morgan fingerprint density at radius 1 is 1.04 bits per heavy atom.